The Morgan fingerprint density at radius 1 is 1.43 bits per heavy atom. The van der Waals surface area contributed by atoms with Crippen LogP contribution in [-0.4, -0.2) is 63.4 Å². The predicted octanol–water partition coefficient (Wildman–Crippen LogP) is 2.67. The van der Waals surface area contributed by atoms with E-state index in [-0.39, 0.29) is 17.7 Å². The summed E-state index contributed by atoms with van der Waals surface area (Å²) in [5.41, 5.74) is 0.303. The molecule has 3 heterocycles. The van der Waals surface area contributed by atoms with Crippen molar-refractivity contribution in [2.75, 3.05) is 24.6 Å². The maximum absolute atomic E-state index is 11.6. The van der Waals surface area contributed by atoms with Gasteiger partial charge in [-0.3, -0.25) is 14.7 Å². The number of pyridine rings is 1. The molecule has 0 aromatic carbocycles. The van der Waals surface area contributed by atoms with Crippen LogP contribution in [0.25, 0.3) is 11.2 Å². The molecule has 28 heavy (non-hydrogen) atoms. The summed E-state index contributed by atoms with van der Waals surface area (Å²) in [5, 5.41) is 9.48. The zero-order valence-electron chi connectivity index (χ0n) is 16.8. The van der Waals surface area contributed by atoms with Gasteiger partial charge in [-0.05, 0) is 46.6 Å². The molecule has 9 heteroatoms. The number of carbonyl (C=O) groups is 1. The first-order valence-corrected chi connectivity index (χ1v) is 9.54. The quantitative estimate of drug-likeness (QED) is 0.804. The number of aromatic nitrogens is 2. The molecule has 3 rings (SSSR count). The number of nitrogens with zero attached hydrogens (tertiary/aromatic N) is 3. The molecular formula is C19H28N4O5. The molecule has 2 N–H and O–H groups in total. The highest BCUT2D eigenvalue weighted by Gasteiger charge is 2.32. The van der Waals surface area contributed by atoms with Gasteiger partial charge in [0.15, 0.2) is 0 Å². The Labute approximate surface area is 163 Å². The molecule has 2 aromatic heterocycles. The van der Waals surface area contributed by atoms with Gasteiger partial charge >= 0.3 is 6.09 Å². The van der Waals surface area contributed by atoms with E-state index >= 15 is 0 Å². The van der Waals surface area contributed by atoms with Crippen LogP contribution in [0, 0.1) is 0 Å². The van der Waals surface area contributed by atoms with Gasteiger partial charge in [-0.25, -0.2) is 4.79 Å². The average Bonchev–Trinajstić information content (AvgIpc) is 3.02. The lowest BCUT2D eigenvalue weighted by Gasteiger charge is -2.39. The summed E-state index contributed by atoms with van der Waals surface area (Å²) in [6.07, 6.45) is 0.723. The molecule has 1 atom stereocenters. The van der Waals surface area contributed by atoms with E-state index < -0.39 is 11.6 Å². The van der Waals surface area contributed by atoms with Crippen molar-refractivity contribution in [3.63, 3.8) is 0 Å². The summed E-state index contributed by atoms with van der Waals surface area (Å²) in [5.74, 6) is 0. The Hall–Kier alpha value is -2.55. The van der Waals surface area contributed by atoms with Crippen molar-refractivity contribution in [2.45, 2.75) is 58.2 Å². The van der Waals surface area contributed by atoms with Gasteiger partial charge in [-0.1, -0.05) is 0 Å². The molecule has 1 aliphatic rings. The average molecular weight is 392 g/mol. The lowest BCUT2D eigenvalue weighted by Crippen LogP contribution is -2.52. The number of rotatable bonds is 5. The minimum Gasteiger partial charge on any atom is -0.465 e. The van der Waals surface area contributed by atoms with Crippen molar-refractivity contribution in [3.8, 4) is 0 Å². The molecule has 1 aliphatic heterocycles. The van der Waals surface area contributed by atoms with Gasteiger partial charge < -0.3 is 19.2 Å². The molecule has 0 saturated carbocycles. The highest BCUT2D eigenvalue weighted by molar-refractivity contribution is 5.69. The Morgan fingerprint density at radius 3 is 2.71 bits per heavy atom. The number of hydrogen-bond acceptors (Lipinski definition) is 6. The van der Waals surface area contributed by atoms with E-state index in [1.165, 1.54) is 11.0 Å². The number of amides is 1. The van der Waals surface area contributed by atoms with E-state index in [4.69, 9.17) is 9.15 Å². The first-order chi connectivity index (χ1) is 13.1. The smallest absolute Gasteiger partial charge is 0.408 e. The molecule has 0 spiro atoms. The summed E-state index contributed by atoms with van der Waals surface area (Å²) in [7, 11) is 0. The molecule has 9 nitrogen and oxygen atoms in total. The van der Waals surface area contributed by atoms with E-state index in [1.807, 2.05) is 32.6 Å². The van der Waals surface area contributed by atoms with Gasteiger partial charge in [0.05, 0.1) is 18.8 Å². The van der Waals surface area contributed by atoms with Gasteiger partial charge in [0.1, 0.15) is 5.52 Å². The van der Waals surface area contributed by atoms with Crippen molar-refractivity contribution in [1.82, 2.24) is 14.9 Å². The van der Waals surface area contributed by atoms with Crippen molar-refractivity contribution in [3.05, 3.63) is 22.5 Å². The highest BCUT2D eigenvalue weighted by Crippen LogP contribution is 2.24. The topological polar surface area (TPSA) is 112 Å². The van der Waals surface area contributed by atoms with E-state index in [0.29, 0.717) is 23.9 Å². The summed E-state index contributed by atoms with van der Waals surface area (Å²) in [4.78, 5) is 33.5. The Bertz CT molecular complexity index is 876. The number of nitrogens with one attached hydrogen (secondary N) is 1. The fraction of sp³-hybridized carbons (Fsp3) is 0.632. The second kappa shape index (κ2) is 7.83. The van der Waals surface area contributed by atoms with Gasteiger partial charge in [0.2, 0.25) is 5.71 Å². The minimum atomic E-state index is -0.938. The van der Waals surface area contributed by atoms with Crippen LogP contribution in [0.3, 0.4) is 0 Å². The highest BCUT2D eigenvalue weighted by atomic mass is 16.5. The lowest BCUT2D eigenvalue weighted by atomic mass is 10.0. The summed E-state index contributed by atoms with van der Waals surface area (Å²) < 4.78 is 11.7. The van der Waals surface area contributed by atoms with E-state index in [2.05, 4.69) is 9.97 Å². The van der Waals surface area contributed by atoms with Crippen LogP contribution in [0.2, 0.25) is 0 Å². The maximum Gasteiger partial charge on any atom is 0.408 e. The number of H-pyrrole nitrogens is 1. The fourth-order valence-electron chi connectivity index (χ4n) is 3.67. The van der Waals surface area contributed by atoms with Crippen LogP contribution in [0.5, 0.6) is 0 Å². The number of oxazole rings is 1. The van der Waals surface area contributed by atoms with Crippen LogP contribution < -0.4 is 10.5 Å². The van der Waals surface area contributed by atoms with Crippen molar-refractivity contribution >= 4 is 23.3 Å². The Balaban J connectivity index is 1.53. The number of fused-ring (bicyclic) bond motifs is 1. The zero-order valence-corrected chi connectivity index (χ0v) is 16.8. The van der Waals surface area contributed by atoms with Gasteiger partial charge in [-0.2, -0.15) is 4.98 Å². The molecule has 1 amide bonds. The number of anilines is 1. The summed E-state index contributed by atoms with van der Waals surface area (Å²) >= 11 is 0. The van der Waals surface area contributed by atoms with Crippen LogP contribution in [0.15, 0.2) is 21.3 Å². The molecule has 1 fully saturated rings. The third kappa shape index (κ3) is 4.46. The number of piperidine rings is 1. The first-order valence-electron chi connectivity index (χ1n) is 9.54. The van der Waals surface area contributed by atoms with Crippen LogP contribution in [-0.2, 0) is 4.74 Å². The summed E-state index contributed by atoms with van der Waals surface area (Å²) in [6.45, 7) is 9.30. The van der Waals surface area contributed by atoms with Crippen molar-refractivity contribution < 1.29 is 19.1 Å². The fourth-order valence-corrected chi connectivity index (χ4v) is 3.67. The number of hydrogen-bond donors (Lipinski definition) is 2. The van der Waals surface area contributed by atoms with Crippen LogP contribution >= 0.6 is 0 Å². The SMILES string of the molecule is C[C@@H](COC1CCN(c2nc3ccc(=O)[nH]c3o2)CC1)N(C(=O)O)C(C)(C)C. The molecule has 1 saturated heterocycles. The number of ether oxygens (including phenoxy) is 1. The lowest BCUT2D eigenvalue weighted by molar-refractivity contribution is -0.0142. The number of aromatic amines is 1. The largest absolute Gasteiger partial charge is 0.465 e. The second-order valence-electron chi connectivity index (χ2n) is 8.23. The van der Waals surface area contributed by atoms with Crippen LogP contribution in [0.1, 0.15) is 40.5 Å². The molecule has 0 bridgehead atoms. The van der Waals surface area contributed by atoms with E-state index in [1.54, 1.807) is 6.07 Å². The molecule has 154 valence electrons. The van der Waals surface area contributed by atoms with Crippen LogP contribution in [0.4, 0.5) is 10.8 Å². The third-order valence-electron chi connectivity index (χ3n) is 4.93. The van der Waals surface area contributed by atoms with E-state index in [0.717, 1.165) is 25.9 Å². The minimum absolute atomic E-state index is 0.0681. The second-order valence-corrected chi connectivity index (χ2v) is 8.23. The van der Waals surface area contributed by atoms with Gasteiger partial charge in [-0.15, -0.1) is 0 Å². The van der Waals surface area contributed by atoms with Gasteiger partial charge in [0, 0.05) is 24.7 Å². The summed E-state index contributed by atoms with van der Waals surface area (Å²) in [6, 6.07) is 3.33. The van der Waals surface area contributed by atoms with E-state index in [9.17, 15) is 14.7 Å². The predicted molar refractivity (Wildman–Crippen MR) is 105 cm³/mol. The monoisotopic (exact) mass is 392 g/mol. The Morgan fingerprint density at radius 2 is 2.11 bits per heavy atom. The molecule has 0 unspecified atom stereocenters. The zero-order chi connectivity index (χ0) is 20.5. The normalized spacial score (nSPS) is 17.1. The van der Waals surface area contributed by atoms with Crippen molar-refractivity contribution in [1.29, 1.82) is 0 Å². The molecule has 0 aliphatic carbocycles. The maximum atomic E-state index is 11.6. The van der Waals surface area contributed by atoms with Crippen molar-refractivity contribution in [2.24, 2.45) is 0 Å². The molecule has 2 aromatic rings. The standard InChI is InChI=1S/C19H28N4O5/c1-12(23(18(25)26)19(2,3)4)11-27-13-7-9-22(10-8-13)17-20-14-5-6-15(24)21-16(14)28-17/h5-6,12-13H,7-11H2,1-4H3,(H,21,24)(H,25,26)/t12-/m0/s1. The third-order valence-corrected chi connectivity index (χ3v) is 4.93. The molecule has 0 radical (unpaired) electrons. The molecular weight excluding hydrogens is 364 g/mol. The Kier molecular flexibility index (Phi) is 5.64. The first kappa shape index (κ1) is 20.2. The number of carboxylic acid groups (broad SMARTS) is 1. The van der Waals surface area contributed by atoms with Gasteiger partial charge in [0.25, 0.3) is 11.6 Å².